The van der Waals surface area contributed by atoms with Crippen molar-refractivity contribution < 1.29 is 13.6 Å². The molecule has 24 heavy (non-hydrogen) atoms. The maximum atomic E-state index is 12.9. The van der Waals surface area contributed by atoms with Crippen LogP contribution in [0.3, 0.4) is 0 Å². The Morgan fingerprint density at radius 1 is 0.917 bits per heavy atom. The zero-order chi connectivity index (χ0) is 17.4. The summed E-state index contributed by atoms with van der Waals surface area (Å²) in [6, 6.07) is 20.2. The second-order valence-corrected chi connectivity index (χ2v) is 8.06. The van der Waals surface area contributed by atoms with E-state index in [9.17, 15) is 4.57 Å². The summed E-state index contributed by atoms with van der Waals surface area (Å²) in [6.45, 7) is 2.06. The van der Waals surface area contributed by atoms with Crippen LogP contribution in [-0.2, 0) is 13.6 Å². The molecule has 2 rings (SSSR count). The van der Waals surface area contributed by atoms with Crippen LogP contribution in [0.2, 0.25) is 0 Å². The average molecular weight is 347 g/mol. The monoisotopic (exact) mass is 347 g/mol. The van der Waals surface area contributed by atoms with Crippen LogP contribution in [0.15, 0.2) is 60.7 Å². The third-order valence-corrected chi connectivity index (χ3v) is 6.27. The molecule has 5 heteroatoms. The fraction of sp³-hybridized carbons (Fsp3) is 0.368. The van der Waals surface area contributed by atoms with E-state index in [1.807, 2.05) is 36.4 Å². The minimum atomic E-state index is -3.21. The zero-order valence-corrected chi connectivity index (χ0v) is 15.4. The summed E-state index contributed by atoms with van der Waals surface area (Å²) < 4.78 is 23.4. The molecule has 0 saturated heterocycles. The molecule has 0 aromatic heterocycles. The van der Waals surface area contributed by atoms with Gasteiger partial charge in [-0.05, 0) is 17.5 Å². The number of benzene rings is 2. The van der Waals surface area contributed by atoms with Crippen molar-refractivity contribution in [3.05, 3.63) is 71.8 Å². The summed E-state index contributed by atoms with van der Waals surface area (Å²) in [6.07, 6.45) is 1.58. The van der Waals surface area contributed by atoms with Gasteiger partial charge in [-0.2, -0.15) is 0 Å². The van der Waals surface area contributed by atoms with Gasteiger partial charge in [-0.15, -0.1) is 0 Å². The standard InChI is InChI=1S/C19H26NO3P/c1-4-11-18(24(21,22-2)23-3)20-19(16-12-7-5-8-13-16)17-14-9-6-10-15-17/h5-10,12-15,18-20H,4,11H2,1-3H3/t18-/m0/s1. The summed E-state index contributed by atoms with van der Waals surface area (Å²) in [5.41, 5.74) is 2.23. The summed E-state index contributed by atoms with van der Waals surface area (Å²) in [5, 5.41) is 3.52. The Labute approximate surface area is 144 Å². The molecule has 0 unspecified atom stereocenters. The van der Waals surface area contributed by atoms with Gasteiger partial charge in [-0.25, -0.2) is 0 Å². The molecular formula is C19H26NO3P. The van der Waals surface area contributed by atoms with E-state index in [2.05, 4.69) is 36.5 Å². The third kappa shape index (κ3) is 4.55. The van der Waals surface area contributed by atoms with Crippen molar-refractivity contribution in [2.24, 2.45) is 0 Å². The van der Waals surface area contributed by atoms with E-state index in [1.54, 1.807) is 0 Å². The van der Waals surface area contributed by atoms with Gasteiger partial charge in [0.2, 0.25) is 0 Å². The highest BCUT2D eigenvalue weighted by Gasteiger charge is 2.35. The van der Waals surface area contributed by atoms with Gasteiger partial charge in [0, 0.05) is 14.2 Å². The molecule has 0 fully saturated rings. The lowest BCUT2D eigenvalue weighted by Gasteiger charge is -2.30. The maximum Gasteiger partial charge on any atom is 0.346 e. The number of rotatable bonds is 9. The quantitative estimate of drug-likeness (QED) is 0.650. The number of hydrogen-bond donors (Lipinski definition) is 1. The molecule has 0 heterocycles. The van der Waals surface area contributed by atoms with Crippen LogP contribution >= 0.6 is 7.60 Å². The van der Waals surface area contributed by atoms with Crippen LogP contribution in [0.25, 0.3) is 0 Å². The van der Waals surface area contributed by atoms with E-state index in [0.29, 0.717) is 6.42 Å². The molecule has 2 aromatic rings. The SMILES string of the molecule is CCC[C@@H](NC(c1ccccc1)c1ccccc1)P(=O)(OC)OC. The molecule has 0 amide bonds. The first-order valence-electron chi connectivity index (χ1n) is 8.21. The molecule has 0 radical (unpaired) electrons. The number of hydrogen-bond acceptors (Lipinski definition) is 4. The molecule has 0 aliphatic carbocycles. The van der Waals surface area contributed by atoms with Gasteiger partial charge in [-0.3, -0.25) is 9.88 Å². The fourth-order valence-electron chi connectivity index (χ4n) is 2.80. The maximum absolute atomic E-state index is 12.9. The molecule has 0 aliphatic heterocycles. The van der Waals surface area contributed by atoms with Crippen molar-refractivity contribution in [3.8, 4) is 0 Å². The summed E-state index contributed by atoms with van der Waals surface area (Å²) in [5.74, 6) is -0.372. The Morgan fingerprint density at radius 3 is 1.75 bits per heavy atom. The van der Waals surface area contributed by atoms with Crippen LogP contribution in [0.5, 0.6) is 0 Å². The van der Waals surface area contributed by atoms with Gasteiger partial charge in [-0.1, -0.05) is 74.0 Å². The molecule has 0 bridgehead atoms. The Morgan fingerprint density at radius 2 is 1.38 bits per heavy atom. The van der Waals surface area contributed by atoms with E-state index in [4.69, 9.17) is 9.05 Å². The highest BCUT2D eigenvalue weighted by molar-refractivity contribution is 7.54. The number of nitrogens with one attached hydrogen (secondary N) is 1. The van der Waals surface area contributed by atoms with E-state index in [-0.39, 0.29) is 11.8 Å². The van der Waals surface area contributed by atoms with Crippen LogP contribution in [0.1, 0.15) is 36.9 Å². The van der Waals surface area contributed by atoms with Crippen molar-refractivity contribution >= 4 is 7.60 Å². The normalized spacial score (nSPS) is 13.2. The minimum absolute atomic E-state index is 0.0809. The highest BCUT2D eigenvalue weighted by Crippen LogP contribution is 2.52. The predicted molar refractivity (Wildman–Crippen MR) is 98.2 cm³/mol. The molecule has 4 nitrogen and oxygen atoms in total. The first-order valence-corrected chi connectivity index (χ1v) is 9.83. The average Bonchev–Trinajstić information content (AvgIpc) is 2.66. The van der Waals surface area contributed by atoms with Crippen molar-refractivity contribution in [2.75, 3.05) is 14.2 Å². The summed E-state index contributed by atoms with van der Waals surface area (Å²) in [7, 11) is -0.335. The molecular weight excluding hydrogens is 321 g/mol. The third-order valence-electron chi connectivity index (χ3n) is 4.08. The Bertz CT molecular complexity index is 601. The van der Waals surface area contributed by atoms with Crippen molar-refractivity contribution in [2.45, 2.75) is 31.6 Å². The molecule has 0 saturated carbocycles. The molecule has 130 valence electrons. The first kappa shape index (κ1) is 18.9. The van der Waals surface area contributed by atoms with E-state index >= 15 is 0 Å². The van der Waals surface area contributed by atoms with Gasteiger partial charge >= 0.3 is 7.60 Å². The second kappa shape index (κ2) is 9.14. The molecule has 1 atom stereocenters. The summed E-state index contributed by atoms with van der Waals surface area (Å²) >= 11 is 0. The van der Waals surface area contributed by atoms with Gasteiger partial charge in [0.25, 0.3) is 0 Å². The summed E-state index contributed by atoms with van der Waals surface area (Å²) in [4.78, 5) is 0. The van der Waals surface area contributed by atoms with Gasteiger partial charge < -0.3 is 9.05 Å². The molecule has 2 aromatic carbocycles. The van der Waals surface area contributed by atoms with E-state index in [1.165, 1.54) is 14.2 Å². The van der Waals surface area contributed by atoms with Crippen LogP contribution in [0.4, 0.5) is 0 Å². The lowest BCUT2D eigenvalue weighted by atomic mass is 9.98. The lowest BCUT2D eigenvalue weighted by molar-refractivity contribution is 0.254. The minimum Gasteiger partial charge on any atom is -0.311 e. The van der Waals surface area contributed by atoms with E-state index < -0.39 is 7.60 Å². The Kier molecular flexibility index (Phi) is 7.19. The second-order valence-electron chi connectivity index (χ2n) is 5.63. The molecule has 1 N–H and O–H groups in total. The smallest absolute Gasteiger partial charge is 0.311 e. The van der Waals surface area contributed by atoms with Crippen LogP contribution in [0, 0.1) is 0 Å². The lowest BCUT2D eigenvalue weighted by Crippen LogP contribution is -2.34. The molecule has 0 spiro atoms. The topological polar surface area (TPSA) is 47.6 Å². The fourth-order valence-corrected chi connectivity index (χ4v) is 4.37. The molecule has 0 aliphatic rings. The van der Waals surface area contributed by atoms with Crippen molar-refractivity contribution in [1.82, 2.24) is 5.32 Å². The Balaban J connectivity index is 2.38. The first-order chi connectivity index (χ1) is 11.6. The van der Waals surface area contributed by atoms with Crippen molar-refractivity contribution in [3.63, 3.8) is 0 Å². The zero-order valence-electron chi connectivity index (χ0n) is 14.5. The van der Waals surface area contributed by atoms with Crippen LogP contribution < -0.4 is 5.32 Å². The van der Waals surface area contributed by atoms with E-state index in [0.717, 1.165) is 17.5 Å². The van der Waals surface area contributed by atoms with Gasteiger partial charge in [0.05, 0.1) is 6.04 Å². The highest BCUT2D eigenvalue weighted by atomic mass is 31.2. The van der Waals surface area contributed by atoms with Crippen molar-refractivity contribution in [1.29, 1.82) is 0 Å². The Hall–Kier alpha value is -1.45. The largest absolute Gasteiger partial charge is 0.346 e. The van der Waals surface area contributed by atoms with Gasteiger partial charge in [0.15, 0.2) is 0 Å². The predicted octanol–water partition coefficient (Wildman–Crippen LogP) is 4.98. The van der Waals surface area contributed by atoms with Gasteiger partial charge in [0.1, 0.15) is 5.78 Å². The van der Waals surface area contributed by atoms with Crippen LogP contribution in [-0.4, -0.2) is 20.0 Å².